The molecule has 0 radical (unpaired) electrons. The molecule has 0 amide bonds. The van der Waals surface area contributed by atoms with Crippen LogP contribution < -0.4 is 4.74 Å². The highest BCUT2D eigenvalue weighted by atomic mass is 19.4. The van der Waals surface area contributed by atoms with E-state index in [0.29, 0.717) is 32.5 Å². The van der Waals surface area contributed by atoms with Gasteiger partial charge < -0.3 is 14.8 Å². The molecule has 0 spiro atoms. The van der Waals surface area contributed by atoms with Crippen molar-refractivity contribution in [2.24, 2.45) is 11.8 Å². The Morgan fingerprint density at radius 2 is 1.97 bits per heavy atom. The number of methoxy groups -OCH3 is 1. The van der Waals surface area contributed by atoms with Crippen molar-refractivity contribution in [1.29, 1.82) is 0 Å². The molecular formula is C24H26F3N3O3. The molecule has 3 aromatic rings. The predicted octanol–water partition coefficient (Wildman–Crippen LogP) is 4.75. The van der Waals surface area contributed by atoms with Gasteiger partial charge in [-0.25, -0.2) is 4.98 Å². The lowest BCUT2D eigenvalue weighted by atomic mass is 9.81. The van der Waals surface area contributed by atoms with Gasteiger partial charge in [-0.2, -0.15) is 13.2 Å². The smallest absolute Gasteiger partial charge is 0.416 e. The summed E-state index contributed by atoms with van der Waals surface area (Å²) in [5.74, 6) is 0.758. The molecule has 33 heavy (non-hydrogen) atoms. The number of benzene rings is 2. The van der Waals surface area contributed by atoms with Gasteiger partial charge in [-0.1, -0.05) is 12.1 Å². The number of rotatable bonds is 7. The first kappa shape index (κ1) is 23.1. The number of nitrogens with zero attached hydrogens (tertiary/aromatic N) is 2. The first-order valence-electron chi connectivity index (χ1n) is 10.8. The van der Waals surface area contributed by atoms with Crippen molar-refractivity contribution in [2.75, 3.05) is 20.2 Å². The molecule has 0 aliphatic carbocycles. The van der Waals surface area contributed by atoms with Crippen molar-refractivity contribution in [2.45, 2.75) is 32.0 Å². The third-order valence-corrected chi connectivity index (χ3v) is 6.29. The Balaban J connectivity index is 1.48. The number of carboxylic acids is 1. The molecule has 0 saturated carbocycles. The molecule has 4 rings (SSSR count). The Bertz CT molecular complexity index is 1110. The summed E-state index contributed by atoms with van der Waals surface area (Å²) in [6.45, 7) is 1.87. The number of aromatic nitrogens is 2. The van der Waals surface area contributed by atoms with E-state index < -0.39 is 17.7 Å². The van der Waals surface area contributed by atoms with E-state index in [1.54, 1.807) is 7.11 Å². The minimum atomic E-state index is -4.35. The van der Waals surface area contributed by atoms with Crippen LogP contribution >= 0.6 is 0 Å². The van der Waals surface area contributed by atoms with Crippen LogP contribution in [0.4, 0.5) is 13.2 Å². The number of hydrogen-bond donors (Lipinski definition) is 2. The number of imidazole rings is 1. The molecule has 2 atom stereocenters. The second kappa shape index (κ2) is 9.43. The number of carbonyl (C=O) groups is 1. The number of likely N-dealkylation sites (tertiary alicyclic amines) is 1. The highest BCUT2D eigenvalue weighted by molar-refractivity contribution is 5.76. The summed E-state index contributed by atoms with van der Waals surface area (Å²) in [5, 5.41) is 9.37. The molecular weight excluding hydrogens is 435 g/mol. The van der Waals surface area contributed by atoms with Crippen LogP contribution in [-0.4, -0.2) is 46.1 Å². The van der Waals surface area contributed by atoms with Crippen LogP contribution in [0.5, 0.6) is 5.75 Å². The van der Waals surface area contributed by atoms with Gasteiger partial charge in [0.25, 0.3) is 0 Å². The summed E-state index contributed by atoms with van der Waals surface area (Å²) >= 11 is 0. The van der Waals surface area contributed by atoms with Gasteiger partial charge in [-0.05, 0) is 54.6 Å². The Hall–Kier alpha value is -3.07. The molecule has 9 heteroatoms. The lowest BCUT2D eigenvalue weighted by Crippen LogP contribution is -2.41. The number of hydrogen-bond acceptors (Lipinski definition) is 4. The number of aliphatic carboxylic acids is 1. The van der Waals surface area contributed by atoms with Gasteiger partial charge >= 0.3 is 12.1 Å². The van der Waals surface area contributed by atoms with E-state index in [0.717, 1.165) is 40.3 Å². The van der Waals surface area contributed by atoms with Crippen molar-refractivity contribution in [3.05, 3.63) is 59.4 Å². The van der Waals surface area contributed by atoms with Gasteiger partial charge in [0.2, 0.25) is 0 Å². The molecule has 1 aromatic heterocycles. The van der Waals surface area contributed by atoms with Crippen molar-refractivity contribution in [3.8, 4) is 5.75 Å². The standard InChI is InChI=1S/C24H26F3N3O3/c1-33-19-6-7-20-21(12-19)29-22(28-20)10-17-14-30(9-8-16(17)11-23(31)32)13-15-2-4-18(5-3-15)24(25,26)27/h2-7,12,16-17H,8-11,13-14H2,1H3,(H,28,29)(H,31,32)/t16-,17-/m0/s1. The van der Waals surface area contributed by atoms with Crippen LogP contribution in [0.2, 0.25) is 0 Å². The van der Waals surface area contributed by atoms with Crippen LogP contribution in [0.15, 0.2) is 42.5 Å². The maximum atomic E-state index is 12.8. The zero-order valence-corrected chi connectivity index (χ0v) is 18.2. The summed E-state index contributed by atoms with van der Waals surface area (Å²) < 4.78 is 43.7. The molecule has 0 unspecified atom stereocenters. The molecule has 1 aliphatic heterocycles. The van der Waals surface area contributed by atoms with Gasteiger partial charge in [0.1, 0.15) is 11.6 Å². The maximum absolute atomic E-state index is 12.8. The van der Waals surface area contributed by atoms with E-state index in [-0.39, 0.29) is 18.3 Å². The molecule has 6 nitrogen and oxygen atoms in total. The van der Waals surface area contributed by atoms with E-state index in [9.17, 15) is 23.1 Å². The third-order valence-electron chi connectivity index (χ3n) is 6.29. The molecule has 1 aliphatic rings. The summed E-state index contributed by atoms with van der Waals surface area (Å²) in [7, 11) is 1.60. The second-order valence-corrected chi connectivity index (χ2v) is 8.61. The number of halogens is 3. The minimum Gasteiger partial charge on any atom is -0.497 e. The van der Waals surface area contributed by atoms with Crippen LogP contribution in [0.25, 0.3) is 11.0 Å². The fourth-order valence-corrected chi connectivity index (χ4v) is 4.59. The quantitative estimate of drug-likeness (QED) is 0.531. The number of alkyl halides is 3. The van der Waals surface area contributed by atoms with Gasteiger partial charge in [0.05, 0.1) is 23.7 Å². The Kier molecular flexibility index (Phi) is 6.60. The number of ether oxygens (including phenoxy) is 1. The van der Waals surface area contributed by atoms with Crippen LogP contribution in [-0.2, 0) is 23.9 Å². The average Bonchev–Trinajstić information content (AvgIpc) is 3.16. The number of H-pyrrole nitrogens is 1. The number of carboxylic acid groups (broad SMARTS) is 1. The van der Waals surface area contributed by atoms with E-state index in [1.807, 2.05) is 18.2 Å². The molecule has 1 saturated heterocycles. The van der Waals surface area contributed by atoms with Crippen molar-refractivity contribution in [3.63, 3.8) is 0 Å². The Morgan fingerprint density at radius 1 is 1.21 bits per heavy atom. The first-order valence-corrected chi connectivity index (χ1v) is 10.8. The Labute approximate surface area is 189 Å². The van der Waals surface area contributed by atoms with Gasteiger partial charge in [0.15, 0.2) is 0 Å². The van der Waals surface area contributed by atoms with Crippen molar-refractivity contribution >= 4 is 17.0 Å². The topological polar surface area (TPSA) is 78.4 Å². The minimum absolute atomic E-state index is 0.00843. The summed E-state index contributed by atoms with van der Waals surface area (Å²) in [6, 6.07) is 10.8. The fraction of sp³-hybridized carbons (Fsp3) is 0.417. The second-order valence-electron chi connectivity index (χ2n) is 8.61. The van der Waals surface area contributed by atoms with E-state index in [4.69, 9.17) is 4.74 Å². The van der Waals surface area contributed by atoms with E-state index >= 15 is 0 Å². The molecule has 2 aromatic carbocycles. The normalized spacial score (nSPS) is 19.6. The summed E-state index contributed by atoms with van der Waals surface area (Å²) in [4.78, 5) is 21.6. The lowest BCUT2D eigenvalue weighted by Gasteiger charge is -2.38. The summed E-state index contributed by atoms with van der Waals surface area (Å²) in [6.07, 6.45) is -2.95. The number of piperidine rings is 1. The predicted molar refractivity (Wildman–Crippen MR) is 117 cm³/mol. The van der Waals surface area contributed by atoms with Crippen molar-refractivity contribution < 1.29 is 27.8 Å². The van der Waals surface area contributed by atoms with Crippen LogP contribution in [0.3, 0.4) is 0 Å². The van der Waals surface area contributed by atoms with Gasteiger partial charge in [-0.15, -0.1) is 0 Å². The van der Waals surface area contributed by atoms with E-state index in [2.05, 4.69) is 14.9 Å². The SMILES string of the molecule is COc1ccc2nc(C[C@H]3CN(Cc4ccc(C(F)(F)F)cc4)CC[C@H]3CC(=O)O)[nH]c2c1. The molecule has 0 bridgehead atoms. The van der Waals surface area contributed by atoms with Crippen LogP contribution in [0.1, 0.15) is 29.8 Å². The molecule has 1 fully saturated rings. The monoisotopic (exact) mass is 461 g/mol. The molecule has 176 valence electrons. The number of aromatic amines is 1. The Morgan fingerprint density at radius 3 is 2.64 bits per heavy atom. The average molecular weight is 461 g/mol. The van der Waals surface area contributed by atoms with E-state index in [1.165, 1.54) is 12.1 Å². The van der Waals surface area contributed by atoms with Gasteiger partial charge in [-0.3, -0.25) is 9.69 Å². The fourth-order valence-electron chi connectivity index (χ4n) is 4.59. The highest BCUT2D eigenvalue weighted by Crippen LogP contribution is 2.32. The third kappa shape index (κ3) is 5.65. The molecule has 2 N–H and O–H groups in total. The first-order chi connectivity index (χ1) is 15.7. The van der Waals surface area contributed by atoms with Gasteiger partial charge in [0, 0.05) is 32.0 Å². The maximum Gasteiger partial charge on any atom is 0.416 e. The lowest BCUT2D eigenvalue weighted by molar-refractivity contribution is -0.139. The largest absolute Gasteiger partial charge is 0.497 e. The zero-order valence-electron chi connectivity index (χ0n) is 18.2. The number of nitrogens with one attached hydrogen (secondary N) is 1. The zero-order chi connectivity index (χ0) is 23.6. The highest BCUT2D eigenvalue weighted by Gasteiger charge is 2.32. The molecule has 2 heterocycles. The van der Waals surface area contributed by atoms with Crippen molar-refractivity contribution in [1.82, 2.24) is 14.9 Å². The van der Waals surface area contributed by atoms with Crippen LogP contribution in [0, 0.1) is 11.8 Å². The number of fused-ring (bicyclic) bond motifs is 1. The summed E-state index contributed by atoms with van der Waals surface area (Å²) in [5.41, 5.74) is 1.81.